The normalized spacial score (nSPS) is 16.0. The summed E-state index contributed by atoms with van der Waals surface area (Å²) in [5.74, 6) is 0.285. The molecule has 61 heavy (non-hydrogen) atoms. The van der Waals surface area contributed by atoms with Gasteiger partial charge in [-0.1, -0.05) is 218 Å². The van der Waals surface area contributed by atoms with Crippen LogP contribution in [0.25, 0.3) is 55.3 Å². The van der Waals surface area contributed by atoms with Gasteiger partial charge in [-0.25, -0.2) is 0 Å². The Kier molecular flexibility index (Phi) is 7.45. The molecule has 0 aromatic heterocycles. The second-order valence-electron chi connectivity index (χ2n) is 17.0. The first-order valence-electron chi connectivity index (χ1n) is 21.6. The van der Waals surface area contributed by atoms with Crippen LogP contribution in [-0.2, 0) is 5.41 Å². The summed E-state index contributed by atoms with van der Waals surface area (Å²) in [6.07, 6.45) is 0. The summed E-state index contributed by atoms with van der Waals surface area (Å²) >= 11 is 0. The molecular formula is C61H40. The predicted octanol–water partition coefficient (Wildman–Crippen LogP) is 15.2. The predicted molar refractivity (Wildman–Crippen MR) is 252 cm³/mol. The van der Waals surface area contributed by atoms with Gasteiger partial charge in [0.15, 0.2) is 0 Å². The lowest BCUT2D eigenvalue weighted by atomic mass is 9.67. The van der Waals surface area contributed by atoms with Gasteiger partial charge in [-0.3, -0.25) is 0 Å². The lowest BCUT2D eigenvalue weighted by molar-refractivity contribution is 0.767. The second-order valence-corrected chi connectivity index (χ2v) is 17.0. The number of rotatable bonds is 5. The molecule has 2 unspecified atom stereocenters. The van der Waals surface area contributed by atoms with Crippen molar-refractivity contribution in [3.05, 3.63) is 286 Å². The van der Waals surface area contributed by atoms with Gasteiger partial charge in [0.1, 0.15) is 0 Å². The van der Waals surface area contributed by atoms with E-state index in [2.05, 4.69) is 231 Å². The minimum atomic E-state index is -0.467. The van der Waals surface area contributed by atoms with Crippen molar-refractivity contribution in [2.24, 2.45) is 0 Å². The van der Waals surface area contributed by atoms with Crippen LogP contribution in [-0.4, -0.2) is 0 Å². The first-order valence-corrected chi connectivity index (χ1v) is 21.6. The highest BCUT2D eigenvalue weighted by atomic mass is 14.5. The Balaban J connectivity index is 1.06. The van der Waals surface area contributed by atoms with Crippen molar-refractivity contribution in [1.29, 1.82) is 0 Å². The molecule has 10 aromatic rings. The zero-order valence-electron chi connectivity index (χ0n) is 33.6. The zero-order valence-corrected chi connectivity index (χ0v) is 33.6. The van der Waals surface area contributed by atoms with E-state index in [0.29, 0.717) is 0 Å². The van der Waals surface area contributed by atoms with Gasteiger partial charge < -0.3 is 0 Å². The lowest BCUT2D eigenvalue weighted by Crippen LogP contribution is -2.28. The SMILES string of the molecule is c1ccc(C2c3ccccc3-c3cc(-c4ccc5c(c4)-c4ccc6c(c4C5c4cccc5ccccc45)-c4ccccc4C6(c4ccccc4)c4ccccc4)ccc32)cc1. The Morgan fingerprint density at radius 3 is 1.59 bits per heavy atom. The van der Waals surface area contributed by atoms with E-state index < -0.39 is 5.41 Å². The average Bonchev–Trinajstić information content (AvgIpc) is 3.96. The van der Waals surface area contributed by atoms with E-state index in [0.717, 1.165) is 0 Å². The Morgan fingerprint density at radius 1 is 0.311 bits per heavy atom. The van der Waals surface area contributed by atoms with Gasteiger partial charge in [-0.15, -0.1) is 0 Å². The molecule has 0 saturated carbocycles. The fourth-order valence-corrected chi connectivity index (χ4v) is 11.7. The van der Waals surface area contributed by atoms with E-state index in [1.54, 1.807) is 0 Å². The number of fused-ring (bicyclic) bond motifs is 11. The molecule has 0 fully saturated rings. The van der Waals surface area contributed by atoms with Crippen molar-refractivity contribution >= 4 is 10.8 Å². The third kappa shape index (κ3) is 4.82. The van der Waals surface area contributed by atoms with Gasteiger partial charge in [-0.2, -0.15) is 0 Å². The minimum Gasteiger partial charge on any atom is -0.0622 e. The van der Waals surface area contributed by atoms with Crippen LogP contribution < -0.4 is 0 Å². The van der Waals surface area contributed by atoms with E-state index in [4.69, 9.17) is 0 Å². The summed E-state index contributed by atoms with van der Waals surface area (Å²) in [4.78, 5) is 0. The summed E-state index contributed by atoms with van der Waals surface area (Å²) < 4.78 is 0. The Bertz CT molecular complexity index is 3310. The number of benzene rings is 10. The molecule has 0 heterocycles. The second kappa shape index (κ2) is 13.2. The maximum atomic E-state index is 2.49. The third-order valence-corrected chi connectivity index (χ3v) is 14.1. The molecule has 0 spiro atoms. The summed E-state index contributed by atoms with van der Waals surface area (Å²) in [5, 5.41) is 2.58. The van der Waals surface area contributed by atoms with E-state index in [-0.39, 0.29) is 11.8 Å². The maximum absolute atomic E-state index is 2.49. The molecule has 0 aliphatic heterocycles. The molecule has 0 nitrogen and oxygen atoms in total. The number of hydrogen-bond donors (Lipinski definition) is 0. The molecule has 3 aliphatic rings. The Hall–Kier alpha value is -7.54. The smallest absolute Gasteiger partial charge is 0.0622 e. The fourth-order valence-electron chi connectivity index (χ4n) is 11.7. The minimum absolute atomic E-state index is 0.0500. The molecule has 10 aromatic carbocycles. The van der Waals surface area contributed by atoms with Crippen molar-refractivity contribution in [2.45, 2.75) is 17.3 Å². The van der Waals surface area contributed by atoms with Crippen LogP contribution in [0, 0.1) is 0 Å². The van der Waals surface area contributed by atoms with E-state index in [1.165, 1.54) is 111 Å². The monoisotopic (exact) mass is 772 g/mol. The van der Waals surface area contributed by atoms with Crippen LogP contribution in [0.4, 0.5) is 0 Å². The number of hydrogen-bond acceptors (Lipinski definition) is 0. The first kappa shape index (κ1) is 34.3. The molecule has 284 valence electrons. The lowest BCUT2D eigenvalue weighted by Gasteiger charge is -2.34. The highest BCUT2D eigenvalue weighted by molar-refractivity contribution is 5.99. The van der Waals surface area contributed by atoms with E-state index in [1.807, 2.05) is 0 Å². The van der Waals surface area contributed by atoms with Crippen LogP contribution in [0.3, 0.4) is 0 Å². The molecule has 2 atom stereocenters. The Labute approximate surface area is 357 Å². The van der Waals surface area contributed by atoms with Gasteiger partial charge in [0, 0.05) is 11.8 Å². The van der Waals surface area contributed by atoms with Gasteiger partial charge in [0.25, 0.3) is 0 Å². The van der Waals surface area contributed by atoms with Gasteiger partial charge in [-0.05, 0) is 123 Å². The van der Waals surface area contributed by atoms with Crippen molar-refractivity contribution in [3.63, 3.8) is 0 Å². The van der Waals surface area contributed by atoms with E-state index in [9.17, 15) is 0 Å². The van der Waals surface area contributed by atoms with Crippen molar-refractivity contribution in [1.82, 2.24) is 0 Å². The van der Waals surface area contributed by atoms with Gasteiger partial charge >= 0.3 is 0 Å². The summed E-state index contributed by atoms with van der Waals surface area (Å²) in [6, 6.07) is 86.8. The quantitative estimate of drug-likeness (QED) is 0.163. The van der Waals surface area contributed by atoms with Crippen LogP contribution >= 0.6 is 0 Å². The topological polar surface area (TPSA) is 0 Å². The Morgan fingerprint density at radius 2 is 0.852 bits per heavy atom. The van der Waals surface area contributed by atoms with E-state index >= 15 is 0 Å². The average molecular weight is 773 g/mol. The summed E-state index contributed by atoms with van der Waals surface area (Å²) in [5.41, 5.74) is 23.6. The zero-order chi connectivity index (χ0) is 40.1. The molecule has 13 rings (SSSR count). The molecule has 3 aliphatic carbocycles. The summed E-state index contributed by atoms with van der Waals surface area (Å²) in [6.45, 7) is 0. The fraction of sp³-hybridized carbons (Fsp3) is 0.0492. The third-order valence-electron chi connectivity index (χ3n) is 14.1. The van der Waals surface area contributed by atoms with Crippen molar-refractivity contribution < 1.29 is 0 Å². The largest absolute Gasteiger partial charge is 0.0713 e. The van der Waals surface area contributed by atoms with Crippen LogP contribution in [0.5, 0.6) is 0 Å². The van der Waals surface area contributed by atoms with Crippen LogP contribution in [0.15, 0.2) is 231 Å². The molecule has 0 heteroatoms. The van der Waals surface area contributed by atoms with Gasteiger partial charge in [0.2, 0.25) is 0 Å². The maximum Gasteiger partial charge on any atom is 0.0713 e. The highest BCUT2D eigenvalue weighted by Crippen LogP contribution is 2.62. The molecule has 0 radical (unpaired) electrons. The van der Waals surface area contributed by atoms with Crippen molar-refractivity contribution in [3.8, 4) is 44.5 Å². The molecular weight excluding hydrogens is 733 g/mol. The molecule has 0 amide bonds. The highest BCUT2D eigenvalue weighted by Gasteiger charge is 2.49. The van der Waals surface area contributed by atoms with Crippen molar-refractivity contribution in [2.75, 3.05) is 0 Å². The standard InChI is InChI=1S/C61H40/c1-4-18-40(19-5-1)57-48-27-13-12-26-46(48)53-37-41(31-33-49(53)57)42-32-34-50-54(38-42)51-35-36-56-59(60(51)58(50)47-29-16-20-39-17-10-11-25-45(39)47)52-28-14-15-30-55(52)61(56,43-21-6-2-7-22-43)44-23-8-3-9-24-44/h1-38,57-58H. The first-order chi connectivity index (χ1) is 30.3. The van der Waals surface area contributed by atoms with Crippen LogP contribution in [0.1, 0.15) is 67.5 Å². The van der Waals surface area contributed by atoms with Gasteiger partial charge in [0.05, 0.1) is 5.41 Å². The van der Waals surface area contributed by atoms with Crippen LogP contribution in [0.2, 0.25) is 0 Å². The molecule has 0 N–H and O–H groups in total. The molecule has 0 saturated heterocycles. The summed E-state index contributed by atoms with van der Waals surface area (Å²) in [7, 11) is 0. The molecule has 0 bridgehead atoms.